The number of nitrogens with one attached hydrogen (secondary N) is 1. The maximum absolute atomic E-state index is 12.3. The van der Waals surface area contributed by atoms with Gasteiger partial charge in [-0.1, -0.05) is 48.5 Å². The zero-order chi connectivity index (χ0) is 23.3. The lowest BCUT2D eigenvalue weighted by Gasteiger charge is -2.30. The fourth-order valence-electron chi connectivity index (χ4n) is 3.88. The minimum atomic E-state index is -3.82. The molecule has 1 aliphatic carbocycles. The van der Waals surface area contributed by atoms with Crippen molar-refractivity contribution in [1.29, 1.82) is 0 Å². The second-order valence-electron chi connectivity index (χ2n) is 8.15. The molecule has 9 heteroatoms. The Morgan fingerprint density at radius 2 is 1.56 bits per heavy atom. The summed E-state index contributed by atoms with van der Waals surface area (Å²) in [6.45, 7) is 4.00. The molecule has 0 heterocycles. The van der Waals surface area contributed by atoms with E-state index in [0.29, 0.717) is 0 Å². The van der Waals surface area contributed by atoms with Crippen LogP contribution in [0, 0.1) is 0 Å². The van der Waals surface area contributed by atoms with Crippen LogP contribution < -0.4 is 5.32 Å². The van der Waals surface area contributed by atoms with Gasteiger partial charge >= 0.3 is 13.0 Å². The summed E-state index contributed by atoms with van der Waals surface area (Å²) in [4.78, 5) is 12.2. The number of rotatable bonds is 10. The molecule has 0 fully saturated rings. The molecule has 7 nitrogen and oxygen atoms in total. The van der Waals surface area contributed by atoms with Crippen LogP contribution in [0.1, 0.15) is 44.7 Å². The van der Waals surface area contributed by atoms with E-state index in [2.05, 4.69) is 29.6 Å². The van der Waals surface area contributed by atoms with Gasteiger partial charge in [0.2, 0.25) is 0 Å². The number of amides is 1. The minimum Gasteiger partial charge on any atom is -0.449 e. The maximum Gasteiger partial charge on any atom is 0.440 e. The number of benzene rings is 2. The number of fused-ring (bicyclic) bond motifs is 3. The third-order valence-electron chi connectivity index (χ3n) is 5.17. The Hall–Kier alpha value is -1.89. The molecule has 0 saturated heterocycles. The second kappa shape index (κ2) is 10.8. The van der Waals surface area contributed by atoms with Crippen LogP contribution >= 0.6 is 18.2 Å². The van der Waals surface area contributed by atoms with Crippen molar-refractivity contribution in [1.82, 2.24) is 10.4 Å². The number of ether oxygens (including phenoxy) is 1. The number of hydroxylamine groups is 2. The number of carbonyl (C=O) groups excluding carboxylic acids is 1. The van der Waals surface area contributed by atoms with Gasteiger partial charge in [-0.3, -0.25) is 4.52 Å². The average Bonchev–Trinajstić information content (AvgIpc) is 3.07. The van der Waals surface area contributed by atoms with Crippen LogP contribution in [0.25, 0.3) is 11.1 Å². The fourth-order valence-corrected chi connectivity index (χ4v) is 5.26. The molecule has 0 aliphatic heterocycles. The van der Waals surface area contributed by atoms with E-state index in [9.17, 15) is 9.36 Å². The Morgan fingerprint density at radius 1 is 1.03 bits per heavy atom. The minimum absolute atomic E-state index is 0.0149. The summed E-state index contributed by atoms with van der Waals surface area (Å²) in [5, 5.41) is 4.11. The Morgan fingerprint density at radius 3 is 2.09 bits per heavy atom. The normalized spacial score (nSPS) is 15.0. The van der Waals surface area contributed by atoms with E-state index in [-0.39, 0.29) is 37.8 Å². The van der Waals surface area contributed by atoms with Gasteiger partial charge in [-0.05, 0) is 49.9 Å². The number of alkyl carbamates (subject to hydrolysis) is 1. The van der Waals surface area contributed by atoms with Gasteiger partial charge in [0.15, 0.2) is 0 Å². The summed E-state index contributed by atoms with van der Waals surface area (Å²) in [7, 11) is 0. The molecule has 32 heavy (non-hydrogen) atoms. The summed E-state index contributed by atoms with van der Waals surface area (Å²) in [5.74, 6) is -0.0149. The number of nitrogens with zero attached hydrogens (tertiary/aromatic N) is 1. The SMILES string of the molecule is CC(C)N(OP(=O)(Cl)OCCNC(=O)OCC1c2ccccc2-c2ccccc21)C(C)C. The Kier molecular flexibility index (Phi) is 8.37. The predicted octanol–water partition coefficient (Wildman–Crippen LogP) is 5.94. The molecule has 0 bridgehead atoms. The summed E-state index contributed by atoms with van der Waals surface area (Å²) >= 11 is 5.90. The smallest absolute Gasteiger partial charge is 0.440 e. The van der Waals surface area contributed by atoms with Crippen molar-refractivity contribution in [2.75, 3.05) is 19.8 Å². The second-order valence-corrected chi connectivity index (χ2v) is 10.7. The molecule has 1 aliphatic rings. The molecule has 1 unspecified atom stereocenters. The highest BCUT2D eigenvalue weighted by molar-refractivity contribution is 7.81. The first kappa shape index (κ1) is 24.7. The molecule has 0 aromatic heterocycles. The molecule has 1 amide bonds. The van der Waals surface area contributed by atoms with E-state index in [0.717, 1.165) is 11.1 Å². The maximum atomic E-state index is 12.3. The lowest BCUT2D eigenvalue weighted by atomic mass is 9.98. The van der Waals surface area contributed by atoms with Crippen LogP contribution in [-0.4, -0.2) is 43.0 Å². The van der Waals surface area contributed by atoms with E-state index in [1.165, 1.54) is 16.2 Å². The van der Waals surface area contributed by atoms with Gasteiger partial charge in [0.1, 0.15) is 6.61 Å². The quantitative estimate of drug-likeness (QED) is 0.257. The van der Waals surface area contributed by atoms with Crippen LogP contribution in [0.4, 0.5) is 4.79 Å². The molecule has 0 saturated carbocycles. The highest BCUT2D eigenvalue weighted by atomic mass is 35.7. The average molecular weight is 481 g/mol. The van der Waals surface area contributed by atoms with Gasteiger partial charge in [-0.2, -0.15) is 5.06 Å². The molecule has 0 spiro atoms. The number of halogens is 1. The number of carbonyl (C=O) groups is 1. The first-order valence-corrected chi connectivity index (χ1v) is 13.2. The molecule has 0 radical (unpaired) electrons. The van der Waals surface area contributed by atoms with Crippen molar-refractivity contribution in [3.63, 3.8) is 0 Å². The standard InChI is InChI=1S/C23H30ClN2O5P/c1-16(2)26(17(3)4)31-32(24,28)30-14-13-25-23(27)29-15-22-20-11-7-5-9-18(20)19-10-6-8-12-21(19)22/h5-12,16-17,22H,13-15H2,1-4H3,(H,25,27). The van der Waals surface area contributed by atoms with Crippen LogP contribution in [-0.2, 0) is 18.5 Å². The van der Waals surface area contributed by atoms with Crippen LogP contribution in [0.15, 0.2) is 48.5 Å². The summed E-state index contributed by atoms with van der Waals surface area (Å²) in [5.41, 5.74) is 4.62. The van der Waals surface area contributed by atoms with Crippen LogP contribution in [0.2, 0.25) is 0 Å². The topological polar surface area (TPSA) is 77.1 Å². The number of hydrogen-bond acceptors (Lipinski definition) is 6. The fraction of sp³-hybridized carbons (Fsp3) is 0.435. The van der Waals surface area contributed by atoms with Gasteiger partial charge in [0.05, 0.1) is 6.61 Å². The Bertz CT molecular complexity index is 931. The number of hydrogen-bond donors (Lipinski definition) is 1. The van der Waals surface area contributed by atoms with Crippen LogP contribution in [0.3, 0.4) is 0 Å². The first-order chi connectivity index (χ1) is 15.2. The summed E-state index contributed by atoms with van der Waals surface area (Å²) in [6, 6.07) is 16.2. The zero-order valence-corrected chi connectivity index (χ0v) is 20.4. The first-order valence-electron chi connectivity index (χ1n) is 10.7. The van der Waals surface area contributed by atoms with Crippen molar-refractivity contribution in [3.05, 3.63) is 59.7 Å². The van der Waals surface area contributed by atoms with Gasteiger partial charge in [-0.25, -0.2) is 14.0 Å². The molecule has 1 atom stereocenters. The largest absolute Gasteiger partial charge is 0.449 e. The summed E-state index contributed by atoms with van der Waals surface area (Å²) < 4.78 is 28.3. The van der Waals surface area contributed by atoms with Gasteiger partial charge in [0.25, 0.3) is 0 Å². The molecule has 174 valence electrons. The van der Waals surface area contributed by atoms with Crippen LogP contribution in [0.5, 0.6) is 0 Å². The van der Waals surface area contributed by atoms with E-state index in [1.807, 2.05) is 52.0 Å². The highest BCUT2D eigenvalue weighted by Gasteiger charge is 2.30. The molecular weight excluding hydrogens is 451 g/mol. The van der Waals surface area contributed by atoms with E-state index >= 15 is 0 Å². The Labute approximate surface area is 194 Å². The third kappa shape index (κ3) is 6.12. The molecule has 1 N–H and O–H groups in total. The van der Waals surface area contributed by atoms with Crippen molar-refractivity contribution in [2.45, 2.75) is 45.7 Å². The van der Waals surface area contributed by atoms with E-state index in [1.54, 1.807) is 0 Å². The van der Waals surface area contributed by atoms with Crippen molar-refractivity contribution in [3.8, 4) is 11.1 Å². The van der Waals surface area contributed by atoms with Gasteiger partial charge < -0.3 is 10.1 Å². The third-order valence-corrected chi connectivity index (χ3v) is 6.52. The van der Waals surface area contributed by atoms with Gasteiger partial charge in [0, 0.05) is 35.8 Å². The predicted molar refractivity (Wildman–Crippen MR) is 126 cm³/mol. The molecule has 2 aromatic rings. The van der Waals surface area contributed by atoms with Crippen molar-refractivity contribution in [2.24, 2.45) is 0 Å². The monoisotopic (exact) mass is 480 g/mol. The van der Waals surface area contributed by atoms with Gasteiger partial charge in [-0.15, -0.1) is 0 Å². The Balaban J connectivity index is 1.46. The zero-order valence-electron chi connectivity index (χ0n) is 18.8. The van der Waals surface area contributed by atoms with E-state index < -0.39 is 13.0 Å². The van der Waals surface area contributed by atoms with E-state index in [4.69, 9.17) is 25.1 Å². The lowest BCUT2D eigenvalue weighted by Crippen LogP contribution is -2.36. The lowest BCUT2D eigenvalue weighted by molar-refractivity contribution is -0.117. The molecular formula is C23H30ClN2O5P. The summed E-state index contributed by atoms with van der Waals surface area (Å²) in [6.07, 6.45) is -0.577. The molecule has 2 aromatic carbocycles. The highest BCUT2D eigenvalue weighted by Crippen LogP contribution is 2.54. The van der Waals surface area contributed by atoms with Crippen molar-refractivity contribution >= 4 is 24.3 Å². The molecule has 3 rings (SSSR count). The van der Waals surface area contributed by atoms with Crippen molar-refractivity contribution < 1.29 is 23.2 Å².